The first-order valence-corrected chi connectivity index (χ1v) is 9.65. The lowest BCUT2D eigenvalue weighted by Crippen LogP contribution is -2.37. The topological polar surface area (TPSA) is 177 Å². The zero-order chi connectivity index (χ0) is 23.7. The van der Waals surface area contributed by atoms with Crippen LogP contribution in [0, 0.1) is 20.8 Å². The van der Waals surface area contributed by atoms with Gasteiger partial charge in [0.25, 0.3) is 11.8 Å². The molecule has 1 aromatic rings. The quantitative estimate of drug-likeness (QED) is 0.214. The Morgan fingerprint density at radius 2 is 1.26 bits per heavy atom. The number of methoxy groups -OCH3 is 1. The van der Waals surface area contributed by atoms with Gasteiger partial charge in [-0.15, -0.1) is 0 Å². The number of carbonyl (C=O) groups excluding carboxylic acids is 3. The van der Waals surface area contributed by atoms with Gasteiger partial charge in [-0.25, -0.2) is 0 Å². The average molecular weight is 441 g/mol. The number of rotatable bonds is 11. The minimum absolute atomic E-state index is 0.122. The van der Waals surface area contributed by atoms with Crippen molar-refractivity contribution in [2.45, 2.75) is 33.0 Å². The summed E-state index contributed by atoms with van der Waals surface area (Å²) < 4.78 is 4.82. The maximum atomic E-state index is 12.8. The van der Waals surface area contributed by atoms with E-state index in [-0.39, 0.29) is 36.5 Å². The van der Waals surface area contributed by atoms with Crippen molar-refractivity contribution in [1.29, 1.82) is 0 Å². The molecule has 1 aromatic carbocycles. The summed E-state index contributed by atoms with van der Waals surface area (Å²) in [6.07, 6.45) is -2.31. The normalized spacial score (nSPS) is 12.8. The van der Waals surface area contributed by atoms with Crippen molar-refractivity contribution in [2.24, 2.45) is 0 Å². The second-order valence-corrected chi connectivity index (χ2v) is 7.07. The largest absolute Gasteiger partial charge is 0.394 e. The summed E-state index contributed by atoms with van der Waals surface area (Å²) >= 11 is 0. The lowest BCUT2D eigenvalue weighted by molar-refractivity contribution is -0.119. The highest BCUT2D eigenvalue weighted by Crippen LogP contribution is 2.31. The Hall–Kier alpha value is -2.57. The van der Waals surface area contributed by atoms with Gasteiger partial charge >= 0.3 is 0 Å². The fourth-order valence-corrected chi connectivity index (χ4v) is 3.12. The fraction of sp³-hybridized carbons (Fsp3) is 0.550. The average Bonchev–Trinajstić information content (AvgIpc) is 2.73. The van der Waals surface area contributed by atoms with Gasteiger partial charge in [-0.1, -0.05) is 0 Å². The van der Waals surface area contributed by atoms with Crippen LogP contribution in [0.3, 0.4) is 0 Å². The minimum atomic E-state index is -1.15. The highest BCUT2D eigenvalue weighted by Gasteiger charge is 2.26. The molecule has 0 bridgehead atoms. The van der Waals surface area contributed by atoms with Crippen molar-refractivity contribution < 1.29 is 39.5 Å². The lowest BCUT2D eigenvalue weighted by atomic mass is 9.90. The first kappa shape index (κ1) is 26.5. The molecule has 11 nitrogen and oxygen atoms in total. The monoisotopic (exact) mass is 441 g/mol. The molecule has 3 amide bonds. The summed E-state index contributed by atoms with van der Waals surface area (Å²) in [5.74, 6) is -1.69. The number of hydrogen-bond donors (Lipinski definition) is 7. The molecule has 1 rings (SSSR count). The molecule has 2 unspecified atom stereocenters. The second kappa shape index (κ2) is 12.3. The highest BCUT2D eigenvalue weighted by molar-refractivity contribution is 6.07. The molecule has 2 atom stereocenters. The van der Waals surface area contributed by atoms with Crippen molar-refractivity contribution >= 4 is 23.4 Å². The van der Waals surface area contributed by atoms with Crippen molar-refractivity contribution in [2.75, 3.05) is 45.3 Å². The predicted molar refractivity (Wildman–Crippen MR) is 112 cm³/mol. The van der Waals surface area contributed by atoms with E-state index in [4.69, 9.17) is 14.9 Å². The van der Waals surface area contributed by atoms with Crippen LogP contribution in [0.4, 0.5) is 5.69 Å². The van der Waals surface area contributed by atoms with Crippen molar-refractivity contribution in [3.8, 4) is 0 Å². The number of amides is 3. The summed E-state index contributed by atoms with van der Waals surface area (Å²) in [7, 11) is 1.35. The zero-order valence-electron chi connectivity index (χ0n) is 18.1. The summed E-state index contributed by atoms with van der Waals surface area (Å²) in [5.41, 5.74) is 1.64. The molecule has 174 valence electrons. The molecule has 0 aliphatic rings. The molecule has 0 spiro atoms. The number of carbonyl (C=O) groups is 3. The molecule has 0 aromatic heterocycles. The number of ether oxygens (including phenoxy) is 1. The number of benzene rings is 1. The number of hydrogen-bond acceptors (Lipinski definition) is 8. The third-order valence-electron chi connectivity index (χ3n) is 4.66. The second-order valence-electron chi connectivity index (χ2n) is 7.07. The maximum absolute atomic E-state index is 12.8. The van der Waals surface area contributed by atoms with Gasteiger partial charge in [0, 0.05) is 37.0 Å². The minimum Gasteiger partial charge on any atom is -0.394 e. The maximum Gasteiger partial charge on any atom is 0.252 e. The summed E-state index contributed by atoms with van der Waals surface area (Å²) in [6.45, 7) is 3.05. The Labute approximate surface area is 180 Å². The standard InChI is InChI=1S/C20H31N3O8/c1-10-16(19(29)21-5-13(26)7-24)11(2)18(23-15(28)9-31-4)12(3)17(10)20(30)22-6-14(27)8-25/h13-14,24-27H,5-9H2,1-4H3,(H,21,29)(H,22,30)(H,23,28). The van der Waals surface area contributed by atoms with Crippen LogP contribution in [0.1, 0.15) is 37.4 Å². The third-order valence-corrected chi connectivity index (χ3v) is 4.66. The van der Waals surface area contributed by atoms with Crippen molar-refractivity contribution in [1.82, 2.24) is 10.6 Å². The van der Waals surface area contributed by atoms with Crippen LogP contribution in [-0.2, 0) is 9.53 Å². The Morgan fingerprint density at radius 1 is 0.839 bits per heavy atom. The first-order valence-electron chi connectivity index (χ1n) is 9.65. The summed E-state index contributed by atoms with van der Waals surface area (Å²) in [4.78, 5) is 37.8. The van der Waals surface area contributed by atoms with E-state index in [1.54, 1.807) is 20.8 Å². The Balaban J connectivity index is 3.48. The van der Waals surface area contributed by atoms with E-state index in [2.05, 4.69) is 16.0 Å². The van der Waals surface area contributed by atoms with Crippen LogP contribution in [0.5, 0.6) is 0 Å². The van der Waals surface area contributed by atoms with Gasteiger partial charge in [0.1, 0.15) is 6.61 Å². The number of anilines is 1. The van der Waals surface area contributed by atoms with E-state index in [1.165, 1.54) is 7.11 Å². The molecular formula is C20H31N3O8. The molecule has 11 heteroatoms. The highest BCUT2D eigenvalue weighted by atomic mass is 16.5. The molecule has 0 heterocycles. The SMILES string of the molecule is COCC(=O)Nc1c(C)c(C(=O)NCC(O)CO)c(C)c(C(=O)NCC(O)CO)c1C. The number of aliphatic hydroxyl groups is 4. The predicted octanol–water partition coefficient (Wildman–Crippen LogP) is -1.64. The van der Waals surface area contributed by atoms with Gasteiger partial charge in [-0.05, 0) is 37.5 Å². The van der Waals surface area contributed by atoms with Crippen LogP contribution in [0.2, 0.25) is 0 Å². The van der Waals surface area contributed by atoms with E-state index in [9.17, 15) is 24.6 Å². The lowest BCUT2D eigenvalue weighted by Gasteiger charge is -2.22. The van der Waals surface area contributed by atoms with E-state index >= 15 is 0 Å². The molecule has 0 saturated heterocycles. The molecule has 0 fully saturated rings. The van der Waals surface area contributed by atoms with E-state index in [1.807, 2.05) is 0 Å². The van der Waals surface area contributed by atoms with Crippen LogP contribution in [0.25, 0.3) is 0 Å². The van der Waals surface area contributed by atoms with Gasteiger partial charge in [0.05, 0.1) is 25.4 Å². The summed E-state index contributed by atoms with van der Waals surface area (Å²) in [5, 5.41) is 44.5. The van der Waals surface area contributed by atoms with E-state index in [0.717, 1.165) is 0 Å². The number of aliphatic hydroxyl groups excluding tert-OH is 4. The Bertz CT molecular complexity index is 759. The Morgan fingerprint density at radius 3 is 1.61 bits per heavy atom. The third kappa shape index (κ3) is 6.97. The fourth-order valence-electron chi connectivity index (χ4n) is 3.12. The zero-order valence-corrected chi connectivity index (χ0v) is 18.1. The smallest absolute Gasteiger partial charge is 0.252 e. The van der Waals surface area contributed by atoms with Gasteiger partial charge in [-0.3, -0.25) is 14.4 Å². The molecule has 0 radical (unpaired) electrons. The van der Waals surface area contributed by atoms with E-state index < -0.39 is 43.1 Å². The summed E-state index contributed by atoms with van der Waals surface area (Å²) in [6, 6.07) is 0. The molecular weight excluding hydrogens is 410 g/mol. The van der Waals surface area contributed by atoms with Crippen LogP contribution in [0.15, 0.2) is 0 Å². The van der Waals surface area contributed by atoms with Crippen molar-refractivity contribution in [3.05, 3.63) is 27.8 Å². The Kier molecular flexibility index (Phi) is 10.5. The van der Waals surface area contributed by atoms with E-state index in [0.29, 0.717) is 16.7 Å². The molecule has 0 aliphatic heterocycles. The van der Waals surface area contributed by atoms with Gasteiger partial charge < -0.3 is 41.1 Å². The number of nitrogens with one attached hydrogen (secondary N) is 3. The molecule has 0 saturated carbocycles. The van der Waals surface area contributed by atoms with Gasteiger partial charge in [0.2, 0.25) is 5.91 Å². The van der Waals surface area contributed by atoms with Crippen LogP contribution in [-0.4, -0.2) is 90.4 Å². The molecule has 0 aliphatic carbocycles. The van der Waals surface area contributed by atoms with Gasteiger partial charge in [0.15, 0.2) is 0 Å². The first-order chi connectivity index (χ1) is 14.6. The molecule has 31 heavy (non-hydrogen) atoms. The van der Waals surface area contributed by atoms with Crippen LogP contribution >= 0.6 is 0 Å². The van der Waals surface area contributed by atoms with Crippen molar-refractivity contribution in [3.63, 3.8) is 0 Å². The molecule has 7 N–H and O–H groups in total. The van der Waals surface area contributed by atoms with Crippen LogP contribution < -0.4 is 16.0 Å². The van der Waals surface area contributed by atoms with Gasteiger partial charge in [-0.2, -0.15) is 0 Å².